The number of aromatic nitrogens is 1. The minimum atomic E-state index is -1.15. The largest absolute Gasteiger partial charge is 0.481 e. The second kappa shape index (κ2) is 11.5. The average Bonchev–Trinajstić information content (AvgIpc) is 2.86. The maximum absolute atomic E-state index is 14.0. The maximum atomic E-state index is 14.0. The number of pyridine rings is 1. The van der Waals surface area contributed by atoms with Crippen LogP contribution in [0.3, 0.4) is 0 Å². The van der Waals surface area contributed by atoms with E-state index < -0.39 is 11.5 Å². The third kappa shape index (κ3) is 5.68. The second-order valence-corrected chi connectivity index (χ2v) is 10.7. The average molecular weight is 586 g/mol. The first-order valence-corrected chi connectivity index (χ1v) is 13.1. The second-order valence-electron chi connectivity index (χ2n) is 9.38. The molecule has 4 aromatic rings. The molecular weight excluding hydrogens is 555 g/mol. The van der Waals surface area contributed by atoms with Crippen LogP contribution in [0.1, 0.15) is 36.5 Å². The number of nitrogens with zero attached hydrogens (tertiary/aromatic N) is 1. The van der Waals surface area contributed by atoms with E-state index >= 15 is 0 Å². The molecule has 3 unspecified atom stereocenters. The van der Waals surface area contributed by atoms with Crippen molar-refractivity contribution in [1.29, 1.82) is 0 Å². The molecule has 37 heavy (non-hydrogen) atoms. The lowest BCUT2D eigenvalue weighted by Crippen LogP contribution is -2.54. The van der Waals surface area contributed by atoms with Crippen molar-refractivity contribution in [3.63, 3.8) is 0 Å². The van der Waals surface area contributed by atoms with Crippen LogP contribution in [0.15, 0.2) is 77.3 Å². The van der Waals surface area contributed by atoms with Crippen LogP contribution in [-0.4, -0.2) is 35.9 Å². The van der Waals surface area contributed by atoms with Gasteiger partial charge in [-0.05, 0) is 79.0 Å². The van der Waals surface area contributed by atoms with E-state index in [9.17, 15) is 9.50 Å². The fourth-order valence-corrected chi connectivity index (χ4v) is 5.94. The zero-order valence-electron chi connectivity index (χ0n) is 19.8. The number of halogens is 3. The van der Waals surface area contributed by atoms with Gasteiger partial charge in [0.15, 0.2) is 0 Å². The number of hydrogen-bond donors (Lipinski definition) is 2. The number of methoxy groups -OCH3 is 1. The standard InChI is InChI=1S/C29H27BrClFN2O2.CH4/c1-36-28-25(16-20-15-22(30)7-10-26(20)34-28)27(19-5-8-23(31)9-6-19)29(35)11-12-33-17-21(29)13-18-3-2-4-24(32)14-18;/h2-10,14-16,21,27,33,35H,11-13,17H2,1H3;1H4. The number of piperidine rings is 1. The topological polar surface area (TPSA) is 54.4 Å². The van der Waals surface area contributed by atoms with Crippen molar-refractivity contribution >= 4 is 38.4 Å². The zero-order chi connectivity index (χ0) is 25.3. The molecule has 194 valence electrons. The third-order valence-corrected chi connectivity index (χ3v) is 7.89. The van der Waals surface area contributed by atoms with Crippen molar-refractivity contribution in [2.24, 2.45) is 5.92 Å². The van der Waals surface area contributed by atoms with Gasteiger partial charge in [0.25, 0.3) is 0 Å². The lowest BCUT2D eigenvalue weighted by atomic mass is 9.66. The van der Waals surface area contributed by atoms with E-state index in [1.807, 2.05) is 48.5 Å². The van der Waals surface area contributed by atoms with Crippen molar-refractivity contribution in [3.8, 4) is 5.88 Å². The minimum Gasteiger partial charge on any atom is -0.481 e. The van der Waals surface area contributed by atoms with E-state index in [1.165, 1.54) is 6.07 Å². The predicted octanol–water partition coefficient (Wildman–Crippen LogP) is 7.15. The summed E-state index contributed by atoms with van der Waals surface area (Å²) in [6.07, 6.45) is 1.04. The number of nitrogens with one attached hydrogen (secondary N) is 1. The summed E-state index contributed by atoms with van der Waals surface area (Å²) in [5.41, 5.74) is 2.23. The van der Waals surface area contributed by atoms with Crippen LogP contribution in [0.5, 0.6) is 5.88 Å². The summed E-state index contributed by atoms with van der Waals surface area (Å²) in [6, 6.07) is 22.2. The molecule has 0 radical (unpaired) electrons. The summed E-state index contributed by atoms with van der Waals surface area (Å²) in [7, 11) is 1.60. The first-order chi connectivity index (χ1) is 17.4. The highest BCUT2D eigenvalue weighted by atomic mass is 79.9. The van der Waals surface area contributed by atoms with Gasteiger partial charge in [-0.1, -0.05) is 59.2 Å². The first-order valence-electron chi connectivity index (χ1n) is 11.9. The number of ether oxygens (including phenoxy) is 1. The van der Waals surface area contributed by atoms with E-state index in [1.54, 1.807) is 19.2 Å². The quantitative estimate of drug-likeness (QED) is 0.252. The molecular formula is C30H31BrClFN2O2. The van der Waals surface area contributed by atoms with Crippen LogP contribution in [0.25, 0.3) is 10.9 Å². The fourth-order valence-electron chi connectivity index (χ4n) is 5.43. The molecule has 3 atom stereocenters. The van der Waals surface area contributed by atoms with Crippen molar-refractivity contribution in [3.05, 3.63) is 105 Å². The molecule has 1 fully saturated rings. The van der Waals surface area contributed by atoms with Crippen LogP contribution in [-0.2, 0) is 6.42 Å². The molecule has 5 rings (SSSR count). The Morgan fingerprint density at radius 1 is 1.16 bits per heavy atom. The summed E-state index contributed by atoms with van der Waals surface area (Å²) in [4.78, 5) is 4.80. The molecule has 2 heterocycles. The van der Waals surface area contributed by atoms with Crippen LogP contribution >= 0.6 is 27.5 Å². The zero-order valence-corrected chi connectivity index (χ0v) is 22.2. The lowest BCUT2D eigenvalue weighted by Gasteiger charge is -2.46. The Labute approximate surface area is 231 Å². The van der Waals surface area contributed by atoms with Crippen LogP contribution in [0.4, 0.5) is 4.39 Å². The minimum absolute atomic E-state index is 0. The summed E-state index contributed by atoms with van der Waals surface area (Å²) in [5.74, 6) is -0.431. The van der Waals surface area contributed by atoms with Gasteiger partial charge in [0.05, 0.1) is 18.2 Å². The highest BCUT2D eigenvalue weighted by molar-refractivity contribution is 9.10. The van der Waals surface area contributed by atoms with Crippen LogP contribution < -0.4 is 10.1 Å². The number of benzene rings is 3. The molecule has 1 aliphatic rings. The number of aliphatic hydroxyl groups is 1. The van der Waals surface area contributed by atoms with Gasteiger partial charge in [0.2, 0.25) is 5.88 Å². The van der Waals surface area contributed by atoms with Crippen LogP contribution in [0.2, 0.25) is 5.02 Å². The number of rotatable bonds is 6. The molecule has 2 N–H and O–H groups in total. The van der Waals surface area contributed by atoms with Gasteiger partial charge in [0.1, 0.15) is 5.82 Å². The molecule has 0 aliphatic carbocycles. The highest BCUT2D eigenvalue weighted by Gasteiger charge is 2.47. The maximum Gasteiger partial charge on any atom is 0.217 e. The smallest absolute Gasteiger partial charge is 0.217 e. The van der Waals surface area contributed by atoms with E-state index in [0.29, 0.717) is 36.8 Å². The Morgan fingerprint density at radius 2 is 1.95 bits per heavy atom. The Balaban J connectivity index is 0.00000320. The predicted molar refractivity (Wildman–Crippen MR) is 152 cm³/mol. The number of fused-ring (bicyclic) bond motifs is 1. The van der Waals surface area contributed by atoms with Gasteiger partial charge >= 0.3 is 0 Å². The molecule has 1 aliphatic heterocycles. The molecule has 0 saturated carbocycles. The van der Waals surface area contributed by atoms with E-state index in [4.69, 9.17) is 21.3 Å². The van der Waals surface area contributed by atoms with Crippen molar-refractivity contribution in [2.75, 3.05) is 20.2 Å². The lowest BCUT2D eigenvalue weighted by molar-refractivity contribution is -0.0544. The van der Waals surface area contributed by atoms with Gasteiger partial charge in [-0.2, -0.15) is 0 Å². The van der Waals surface area contributed by atoms with Crippen molar-refractivity contribution in [2.45, 2.75) is 31.8 Å². The molecule has 4 nitrogen and oxygen atoms in total. The summed E-state index contributed by atoms with van der Waals surface area (Å²) in [6.45, 7) is 1.26. The van der Waals surface area contributed by atoms with Crippen LogP contribution in [0, 0.1) is 11.7 Å². The van der Waals surface area contributed by atoms with Gasteiger partial charge in [-0.25, -0.2) is 9.37 Å². The van der Waals surface area contributed by atoms with Gasteiger partial charge in [0, 0.05) is 38.8 Å². The first kappa shape index (κ1) is 27.5. The Morgan fingerprint density at radius 3 is 2.68 bits per heavy atom. The molecule has 7 heteroatoms. The van der Waals surface area contributed by atoms with Crippen molar-refractivity contribution in [1.82, 2.24) is 10.3 Å². The Hall–Kier alpha value is -2.51. The summed E-state index contributed by atoms with van der Waals surface area (Å²) >= 11 is 9.80. The van der Waals surface area contributed by atoms with Gasteiger partial charge in [-0.15, -0.1) is 0 Å². The Kier molecular flexibility index (Phi) is 8.54. The SMILES string of the molecule is C.COc1nc2ccc(Br)cc2cc1C(c1ccc(Cl)cc1)C1(O)CCNCC1Cc1cccc(F)c1. The van der Waals surface area contributed by atoms with Gasteiger partial charge in [-0.3, -0.25) is 0 Å². The molecule has 1 saturated heterocycles. The normalized spacial score (nSPS) is 20.3. The monoisotopic (exact) mass is 584 g/mol. The molecule has 0 spiro atoms. The Bertz CT molecular complexity index is 1380. The fraction of sp³-hybridized carbons (Fsp3) is 0.300. The van der Waals surface area contributed by atoms with Crippen molar-refractivity contribution < 1.29 is 14.2 Å². The van der Waals surface area contributed by atoms with E-state index in [2.05, 4.69) is 27.3 Å². The summed E-state index contributed by atoms with van der Waals surface area (Å²) < 4.78 is 20.7. The highest BCUT2D eigenvalue weighted by Crippen LogP contribution is 2.47. The molecule has 0 amide bonds. The molecule has 3 aromatic carbocycles. The van der Waals surface area contributed by atoms with E-state index in [-0.39, 0.29) is 19.2 Å². The number of hydrogen-bond acceptors (Lipinski definition) is 4. The van der Waals surface area contributed by atoms with Gasteiger partial charge < -0.3 is 15.2 Å². The van der Waals surface area contributed by atoms with E-state index in [0.717, 1.165) is 32.1 Å². The third-order valence-electron chi connectivity index (χ3n) is 7.15. The molecule has 1 aromatic heterocycles. The summed E-state index contributed by atoms with van der Waals surface area (Å²) in [5, 5.41) is 17.6. The molecule has 0 bridgehead atoms.